The Hall–Kier alpha value is -1.35. The largest absolute Gasteiger partial charge is 0.314 e. The summed E-state index contributed by atoms with van der Waals surface area (Å²) in [7, 11) is 1.87. The van der Waals surface area contributed by atoms with Gasteiger partial charge in [-0.25, -0.2) is 0 Å². The summed E-state index contributed by atoms with van der Waals surface area (Å²) in [6.07, 6.45) is 2.05. The number of aryl methyl sites for hydroxylation is 1. The van der Waals surface area contributed by atoms with Crippen LogP contribution in [0.4, 0.5) is 5.69 Å². The van der Waals surface area contributed by atoms with Crippen molar-refractivity contribution in [3.63, 3.8) is 0 Å². The Kier molecular flexibility index (Phi) is 3.48. The second-order valence-corrected chi connectivity index (χ2v) is 4.77. The van der Waals surface area contributed by atoms with E-state index in [-0.39, 0.29) is 11.9 Å². The zero-order valence-electron chi connectivity index (χ0n) is 10.8. The van der Waals surface area contributed by atoms with Crippen molar-refractivity contribution in [2.75, 3.05) is 18.5 Å². The molecule has 3 nitrogen and oxygen atoms in total. The Morgan fingerprint density at radius 1 is 1.41 bits per heavy atom. The van der Waals surface area contributed by atoms with Gasteiger partial charge in [0.2, 0.25) is 5.91 Å². The molecule has 0 aliphatic carbocycles. The normalized spacial score (nSPS) is 19.4. The van der Waals surface area contributed by atoms with Gasteiger partial charge in [-0.3, -0.25) is 4.79 Å². The Bertz CT molecular complexity index is 422. The van der Waals surface area contributed by atoms with Crippen LogP contribution in [0.1, 0.15) is 24.0 Å². The van der Waals surface area contributed by atoms with Gasteiger partial charge < -0.3 is 10.2 Å². The highest BCUT2D eigenvalue weighted by Gasteiger charge is 2.26. The zero-order chi connectivity index (χ0) is 12.4. The first-order valence-electron chi connectivity index (χ1n) is 6.18. The van der Waals surface area contributed by atoms with Crippen molar-refractivity contribution in [2.24, 2.45) is 0 Å². The third kappa shape index (κ3) is 2.34. The van der Waals surface area contributed by atoms with Crippen LogP contribution in [0.25, 0.3) is 0 Å². The summed E-state index contributed by atoms with van der Waals surface area (Å²) in [6, 6.07) is 6.09. The molecule has 1 amide bonds. The van der Waals surface area contributed by atoms with Crippen LogP contribution in [0.3, 0.4) is 0 Å². The maximum Gasteiger partial charge on any atom is 0.243 e. The summed E-state index contributed by atoms with van der Waals surface area (Å²) in [5, 5.41) is 3.25. The number of likely N-dealkylation sites (N-methyl/N-ethyl adjacent to an activating group) is 1. The average Bonchev–Trinajstić information content (AvgIpc) is 2.84. The number of benzene rings is 1. The highest BCUT2D eigenvalue weighted by Crippen LogP contribution is 2.23. The van der Waals surface area contributed by atoms with E-state index in [9.17, 15) is 4.79 Å². The van der Waals surface area contributed by atoms with Gasteiger partial charge in [-0.05, 0) is 50.4 Å². The van der Waals surface area contributed by atoms with E-state index in [1.54, 1.807) is 4.90 Å². The van der Waals surface area contributed by atoms with Gasteiger partial charge >= 0.3 is 0 Å². The fourth-order valence-corrected chi connectivity index (χ4v) is 2.35. The molecule has 2 rings (SSSR count). The van der Waals surface area contributed by atoms with E-state index in [2.05, 4.69) is 25.2 Å². The fourth-order valence-electron chi connectivity index (χ4n) is 2.35. The van der Waals surface area contributed by atoms with E-state index in [0.29, 0.717) is 0 Å². The van der Waals surface area contributed by atoms with Crippen molar-refractivity contribution in [1.82, 2.24) is 5.32 Å². The zero-order valence-corrected chi connectivity index (χ0v) is 10.8. The molecular formula is C14H20N2O. The molecule has 1 fully saturated rings. The van der Waals surface area contributed by atoms with E-state index in [1.165, 1.54) is 11.1 Å². The standard InChI is InChI=1S/C14H20N2O/c1-10-6-4-8-13(11(10)2)16(3)14(17)12-7-5-9-15-12/h4,6,8,12,15H,5,7,9H2,1-3H3. The lowest BCUT2D eigenvalue weighted by atomic mass is 10.1. The number of amides is 1. The number of carbonyl (C=O) groups excluding carboxylic acids is 1. The molecule has 1 atom stereocenters. The molecule has 0 bridgehead atoms. The number of carbonyl (C=O) groups is 1. The number of anilines is 1. The van der Waals surface area contributed by atoms with Crippen molar-refractivity contribution in [2.45, 2.75) is 32.7 Å². The van der Waals surface area contributed by atoms with Gasteiger partial charge in [0.1, 0.15) is 0 Å². The molecule has 1 N–H and O–H groups in total. The Morgan fingerprint density at radius 3 is 2.82 bits per heavy atom. The van der Waals surface area contributed by atoms with Gasteiger partial charge in [0.05, 0.1) is 6.04 Å². The fraction of sp³-hybridized carbons (Fsp3) is 0.500. The molecular weight excluding hydrogens is 212 g/mol. The van der Waals surface area contributed by atoms with Crippen molar-refractivity contribution >= 4 is 11.6 Å². The maximum atomic E-state index is 12.3. The van der Waals surface area contributed by atoms with Crippen LogP contribution >= 0.6 is 0 Å². The van der Waals surface area contributed by atoms with Gasteiger partial charge in [0.25, 0.3) is 0 Å². The van der Waals surface area contributed by atoms with Gasteiger partial charge in [-0.15, -0.1) is 0 Å². The van der Waals surface area contributed by atoms with Gasteiger partial charge in [-0.1, -0.05) is 12.1 Å². The summed E-state index contributed by atoms with van der Waals surface area (Å²) in [6.45, 7) is 5.10. The highest BCUT2D eigenvalue weighted by molar-refractivity contribution is 5.97. The smallest absolute Gasteiger partial charge is 0.243 e. The highest BCUT2D eigenvalue weighted by atomic mass is 16.2. The molecule has 0 saturated carbocycles. The first-order chi connectivity index (χ1) is 8.11. The molecule has 0 aromatic heterocycles. The average molecular weight is 232 g/mol. The third-order valence-electron chi connectivity index (χ3n) is 3.63. The summed E-state index contributed by atoms with van der Waals surface area (Å²) in [4.78, 5) is 14.1. The summed E-state index contributed by atoms with van der Waals surface area (Å²) >= 11 is 0. The molecule has 92 valence electrons. The first-order valence-corrected chi connectivity index (χ1v) is 6.18. The molecule has 0 radical (unpaired) electrons. The van der Waals surface area contributed by atoms with Crippen LogP contribution in [0.2, 0.25) is 0 Å². The van der Waals surface area contributed by atoms with Gasteiger partial charge in [0, 0.05) is 12.7 Å². The minimum Gasteiger partial charge on any atom is -0.314 e. The number of nitrogens with zero attached hydrogens (tertiary/aromatic N) is 1. The molecule has 1 aromatic carbocycles. The topological polar surface area (TPSA) is 32.3 Å². The molecule has 1 aliphatic rings. The van der Waals surface area contributed by atoms with E-state index in [0.717, 1.165) is 25.1 Å². The van der Waals surface area contributed by atoms with Crippen LogP contribution in [-0.2, 0) is 4.79 Å². The second-order valence-electron chi connectivity index (χ2n) is 4.77. The van der Waals surface area contributed by atoms with E-state index >= 15 is 0 Å². The summed E-state index contributed by atoms with van der Waals surface area (Å²) in [5.41, 5.74) is 3.42. The molecule has 1 aromatic rings. The molecule has 0 spiro atoms. The lowest BCUT2D eigenvalue weighted by Crippen LogP contribution is -2.42. The van der Waals surface area contributed by atoms with Crippen LogP contribution in [0.15, 0.2) is 18.2 Å². The van der Waals surface area contributed by atoms with Crippen molar-refractivity contribution in [3.8, 4) is 0 Å². The van der Waals surface area contributed by atoms with Crippen LogP contribution < -0.4 is 10.2 Å². The Balaban J connectivity index is 2.21. The molecule has 1 unspecified atom stereocenters. The van der Waals surface area contributed by atoms with Crippen molar-refractivity contribution in [3.05, 3.63) is 29.3 Å². The minimum absolute atomic E-state index is 0.0000813. The van der Waals surface area contributed by atoms with Crippen LogP contribution in [-0.4, -0.2) is 25.5 Å². The minimum atomic E-state index is -0.0000813. The SMILES string of the molecule is Cc1cccc(N(C)C(=O)C2CCCN2)c1C. The van der Waals surface area contributed by atoms with E-state index in [1.807, 2.05) is 19.2 Å². The predicted octanol–water partition coefficient (Wildman–Crippen LogP) is 2.02. The molecule has 1 heterocycles. The van der Waals surface area contributed by atoms with E-state index < -0.39 is 0 Å². The summed E-state index contributed by atoms with van der Waals surface area (Å²) < 4.78 is 0. The van der Waals surface area contributed by atoms with Crippen molar-refractivity contribution in [1.29, 1.82) is 0 Å². The third-order valence-corrected chi connectivity index (χ3v) is 3.63. The molecule has 1 saturated heterocycles. The number of hydrogen-bond acceptors (Lipinski definition) is 2. The lowest BCUT2D eigenvalue weighted by Gasteiger charge is -2.23. The van der Waals surface area contributed by atoms with Crippen molar-refractivity contribution < 1.29 is 4.79 Å². The summed E-state index contributed by atoms with van der Waals surface area (Å²) in [5.74, 6) is 0.177. The van der Waals surface area contributed by atoms with Gasteiger partial charge in [0.15, 0.2) is 0 Å². The quantitative estimate of drug-likeness (QED) is 0.846. The van der Waals surface area contributed by atoms with Crippen LogP contribution in [0.5, 0.6) is 0 Å². The predicted molar refractivity (Wildman–Crippen MR) is 70.4 cm³/mol. The molecule has 17 heavy (non-hydrogen) atoms. The Labute approximate surface area is 103 Å². The monoisotopic (exact) mass is 232 g/mol. The first kappa shape index (κ1) is 12.1. The second kappa shape index (κ2) is 4.88. The maximum absolute atomic E-state index is 12.3. The Morgan fingerprint density at radius 2 is 2.18 bits per heavy atom. The number of nitrogens with one attached hydrogen (secondary N) is 1. The molecule has 3 heteroatoms. The number of rotatable bonds is 2. The number of hydrogen-bond donors (Lipinski definition) is 1. The molecule has 1 aliphatic heterocycles. The van der Waals surface area contributed by atoms with E-state index in [4.69, 9.17) is 0 Å². The van der Waals surface area contributed by atoms with Crippen LogP contribution in [0, 0.1) is 13.8 Å². The lowest BCUT2D eigenvalue weighted by molar-refractivity contribution is -0.119. The van der Waals surface area contributed by atoms with Gasteiger partial charge in [-0.2, -0.15) is 0 Å².